The van der Waals surface area contributed by atoms with Crippen LogP contribution in [-0.4, -0.2) is 41.4 Å². The minimum absolute atomic E-state index is 0.164. The van der Waals surface area contributed by atoms with Crippen molar-refractivity contribution in [3.63, 3.8) is 0 Å². The molecule has 6 heteroatoms. The maximum atomic E-state index is 10.5. The molecule has 0 heterocycles. The number of hydrogen-bond acceptors (Lipinski definition) is 5. The summed E-state index contributed by atoms with van der Waals surface area (Å²) >= 11 is 0. The second kappa shape index (κ2) is 5.50. The minimum Gasteiger partial charge on any atom is -0.481 e. The van der Waals surface area contributed by atoms with E-state index < -0.39 is 24.4 Å². The number of carboxylic acids is 1. The Hall–Kier alpha value is -1.14. The van der Waals surface area contributed by atoms with Crippen LogP contribution in [-0.2, 0) is 14.3 Å². The Kier molecular flexibility index (Phi) is 4.98. The standard InChI is InChI=1S/C6H11NO5/c7-4(2-8)3-12-6(11)1-5(9)10/h4,8H,1-3,7H2,(H,9,10)/t4-/m0/s1. The highest BCUT2D eigenvalue weighted by Crippen LogP contribution is 1.87. The third-order valence-corrected chi connectivity index (χ3v) is 0.988. The quantitative estimate of drug-likeness (QED) is 0.342. The van der Waals surface area contributed by atoms with Gasteiger partial charge in [0.25, 0.3) is 0 Å². The summed E-state index contributed by atoms with van der Waals surface area (Å²) in [5.74, 6) is -2.11. The Morgan fingerprint density at radius 3 is 2.50 bits per heavy atom. The van der Waals surface area contributed by atoms with Gasteiger partial charge in [-0.05, 0) is 0 Å². The molecule has 0 unspecified atom stereocenters. The number of aliphatic carboxylic acids is 1. The van der Waals surface area contributed by atoms with Gasteiger partial charge in [0.05, 0.1) is 12.6 Å². The van der Waals surface area contributed by atoms with Crippen molar-refractivity contribution < 1.29 is 24.5 Å². The van der Waals surface area contributed by atoms with Crippen molar-refractivity contribution in [3.05, 3.63) is 0 Å². The Bertz CT molecular complexity index is 169. The molecule has 0 saturated heterocycles. The lowest BCUT2D eigenvalue weighted by Crippen LogP contribution is -2.31. The normalized spacial score (nSPS) is 12.2. The first-order chi connectivity index (χ1) is 5.56. The minimum atomic E-state index is -1.25. The number of carbonyl (C=O) groups excluding carboxylic acids is 1. The van der Waals surface area contributed by atoms with Crippen molar-refractivity contribution in [3.8, 4) is 0 Å². The molecule has 0 aromatic rings. The van der Waals surface area contributed by atoms with Crippen LogP contribution in [0, 0.1) is 0 Å². The lowest BCUT2D eigenvalue weighted by molar-refractivity contribution is -0.151. The molecule has 0 aromatic heterocycles. The van der Waals surface area contributed by atoms with Crippen LogP contribution in [0.1, 0.15) is 6.42 Å². The van der Waals surface area contributed by atoms with E-state index in [-0.39, 0.29) is 13.2 Å². The van der Waals surface area contributed by atoms with Crippen molar-refractivity contribution in [1.29, 1.82) is 0 Å². The summed E-state index contributed by atoms with van der Waals surface area (Å²) in [5, 5.41) is 16.5. The summed E-state index contributed by atoms with van der Waals surface area (Å²) in [7, 11) is 0. The maximum absolute atomic E-state index is 10.5. The van der Waals surface area contributed by atoms with Crippen LogP contribution in [0.3, 0.4) is 0 Å². The van der Waals surface area contributed by atoms with Gasteiger partial charge in [-0.15, -0.1) is 0 Å². The predicted molar refractivity (Wildman–Crippen MR) is 38.3 cm³/mol. The van der Waals surface area contributed by atoms with E-state index in [0.717, 1.165) is 0 Å². The van der Waals surface area contributed by atoms with Gasteiger partial charge in [0.2, 0.25) is 0 Å². The molecule has 0 amide bonds. The van der Waals surface area contributed by atoms with Crippen molar-refractivity contribution in [2.45, 2.75) is 12.5 Å². The topological polar surface area (TPSA) is 110 Å². The summed E-state index contributed by atoms with van der Waals surface area (Å²) < 4.78 is 4.40. The molecule has 0 rings (SSSR count). The van der Waals surface area contributed by atoms with Gasteiger partial charge in [0.15, 0.2) is 0 Å². The van der Waals surface area contributed by atoms with Crippen LogP contribution in [0.4, 0.5) is 0 Å². The van der Waals surface area contributed by atoms with E-state index in [9.17, 15) is 9.59 Å². The first-order valence-electron chi connectivity index (χ1n) is 3.30. The van der Waals surface area contributed by atoms with E-state index >= 15 is 0 Å². The summed E-state index contributed by atoms with van der Waals surface area (Å²) in [6.45, 7) is -0.469. The van der Waals surface area contributed by atoms with Gasteiger partial charge in [-0.3, -0.25) is 9.59 Å². The zero-order chi connectivity index (χ0) is 9.56. The Morgan fingerprint density at radius 2 is 2.08 bits per heavy atom. The van der Waals surface area contributed by atoms with E-state index in [2.05, 4.69) is 4.74 Å². The third-order valence-electron chi connectivity index (χ3n) is 0.988. The average molecular weight is 177 g/mol. The lowest BCUT2D eigenvalue weighted by Gasteiger charge is -2.07. The molecular formula is C6H11NO5. The molecule has 4 N–H and O–H groups in total. The highest BCUT2D eigenvalue weighted by atomic mass is 16.5. The molecule has 0 aliphatic rings. The summed E-state index contributed by atoms with van der Waals surface area (Å²) in [5.41, 5.74) is 5.18. The van der Waals surface area contributed by atoms with Crippen LogP contribution >= 0.6 is 0 Å². The lowest BCUT2D eigenvalue weighted by atomic mass is 10.3. The van der Waals surface area contributed by atoms with Crippen molar-refractivity contribution >= 4 is 11.9 Å². The van der Waals surface area contributed by atoms with Gasteiger partial charge in [0.1, 0.15) is 13.0 Å². The van der Waals surface area contributed by atoms with Crippen LogP contribution in [0.25, 0.3) is 0 Å². The molecule has 70 valence electrons. The Balaban J connectivity index is 3.50. The van der Waals surface area contributed by atoms with E-state index in [4.69, 9.17) is 15.9 Å². The predicted octanol–water partition coefficient (Wildman–Crippen LogP) is -1.68. The first-order valence-corrected chi connectivity index (χ1v) is 3.30. The van der Waals surface area contributed by atoms with E-state index in [0.29, 0.717) is 0 Å². The number of ether oxygens (including phenoxy) is 1. The zero-order valence-electron chi connectivity index (χ0n) is 6.40. The monoisotopic (exact) mass is 177 g/mol. The molecule has 0 saturated carbocycles. The van der Waals surface area contributed by atoms with Crippen LogP contribution in [0.2, 0.25) is 0 Å². The summed E-state index contributed by atoms with van der Waals surface area (Å²) in [6, 6.07) is -0.650. The third kappa shape index (κ3) is 5.63. The van der Waals surface area contributed by atoms with E-state index in [1.807, 2.05) is 0 Å². The van der Waals surface area contributed by atoms with Gasteiger partial charge in [-0.2, -0.15) is 0 Å². The number of hydrogen-bond donors (Lipinski definition) is 3. The van der Waals surface area contributed by atoms with Crippen LogP contribution in [0.5, 0.6) is 0 Å². The summed E-state index contributed by atoms with van der Waals surface area (Å²) in [4.78, 5) is 20.5. The van der Waals surface area contributed by atoms with Gasteiger partial charge < -0.3 is 20.7 Å². The Labute approximate surface area is 68.9 Å². The molecule has 0 fully saturated rings. The number of carbonyl (C=O) groups is 2. The van der Waals surface area contributed by atoms with Crippen molar-refractivity contribution in [2.24, 2.45) is 5.73 Å². The fraction of sp³-hybridized carbons (Fsp3) is 0.667. The highest BCUT2D eigenvalue weighted by Gasteiger charge is 2.10. The number of esters is 1. The highest BCUT2D eigenvalue weighted by molar-refractivity contribution is 5.90. The van der Waals surface area contributed by atoms with Gasteiger partial charge in [-0.25, -0.2) is 0 Å². The smallest absolute Gasteiger partial charge is 0.317 e. The molecule has 0 bridgehead atoms. The molecule has 6 nitrogen and oxygen atoms in total. The van der Waals surface area contributed by atoms with Crippen molar-refractivity contribution in [2.75, 3.05) is 13.2 Å². The molecule has 1 atom stereocenters. The van der Waals surface area contributed by atoms with Crippen molar-refractivity contribution in [1.82, 2.24) is 0 Å². The maximum Gasteiger partial charge on any atom is 0.317 e. The second-order valence-electron chi connectivity index (χ2n) is 2.20. The average Bonchev–Trinajstić information content (AvgIpc) is 1.99. The first kappa shape index (κ1) is 10.9. The molecule has 0 spiro atoms. The fourth-order valence-corrected chi connectivity index (χ4v) is 0.427. The SMILES string of the molecule is N[C@@H](CO)COC(=O)CC(=O)O. The van der Waals surface area contributed by atoms with Gasteiger partial charge in [0, 0.05) is 0 Å². The number of nitrogens with two attached hydrogens (primary N) is 1. The number of aliphatic hydroxyl groups excluding tert-OH is 1. The molecule has 0 aliphatic heterocycles. The largest absolute Gasteiger partial charge is 0.481 e. The fourth-order valence-electron chi connectivity index (χ4n) is 0.427. The van der Waals surface area contributed by atoms with Crippen LogP contribution in [0.15, 0.2) is 0 Å². The second-order valence-corrected chi connectivity index (χ2v) is 2.20. The Morgan fingerprint density at radius 1 is 1.50 bits per heavy atom. The van der Waals surface area contributed by atoms with Gasteiger partial charge in [-0.1, -0.05) is 0 Å². The number of rotatable bonds is 5. The zero-order valence-corrected chi connectivity index (χ0v) is 6.40. The molecule has 12 heavy (non-hydrogen) atoms. The molecule has 0 aliphatic carbocycles. The van der Waals surface area contributed by atoms with Gasteiger partial charge >= 0.3 is 11.9 Å². The molecule has 0 radical (unpaired) electrons. The number of carboxylic acid groups (broad SMARTS) is 1. The summed E-state index contributed by atoms with van der Waals surface area (Å²) in [6.07, 6.45) is -0.682. The van der Waals surface area contributed by atoms with E-state index in [1.54, 1.807) is 0 Å². The van der Waals surface area contributed by atoms with Crippen LogP contribution < -0.4 is 5.73 Å². The molecular weight excluding hydrogens is 166 g/mol. The van der Waals surface area contributed by atoms with E-state index in [1.165, 1.54) is 0 Å². The number of aliphatic hydroxyl groups is 1. The molecule has 0 aromatic carbocycles.